The fraction of sp³-hybridized carbons (Fsp3) is 0.600. The van der Waals surface area contributed by atoms with Crippen molar-refractivity contribution in [1.29, 1.82) is 0 Å². The second-order valence-corrected chi connectivity index (χ2v) is 7.42. The van der Waals surface area contributed by atoms with Crippen LogP contribution in [-0.2, 0) is 12.8 Å². The van der Waals surface area contributed by atoms with Gasteiger partial charge in [0.15, 0.2) is 5.82 Å². The van der Waals surface area contributed by atoms with Gasteiger partial charge in [-0.05, 0) is 56.8 Å². The quantitative estimate of drug-likeness (QED) is 0.814. The van der Waals surface area contributed by atoms with Gasteiger partial charge in [0.2, 0.25) is 5.89 Å². The van der Waals surface area contributed by atoms with Crippen LogP contribution in [-0.4, -0.2) is 47.8 Å². The van der Waals surface area contributed by atoms with Crippen LogP contribution in [0.3, 0.4) is 0 Å². The normalized spacial score (nSPS) is 21.1. The summed E-state index contributed by atoms with van der Waals surface area (Å²) in [4.78, 5) is 6.89. The number of nitrogens with zero attached hydrogens (tertiary/aromatic N) is 3. The van der Waals surface area contributed by atoms with Crippen molar-refractivity contribution in [1.82, 2.24) is 20.4 Å². The van der Waals surface area contributed by atoms with Crippen LogP contribution in [0.1, 0.15) is 49.0 Å². The van der Waals surface area contributed by atoms with Gasteiger partial charge in [-0.25, -0.2) is 0 Å². The van der Waals surface area contributed by atoms with Crippen molar-refractivity contribution in [2.24, 2.45) is 0 Å². The first-order valence-electron chi connectivity index (χ1n) is 9.77. The Hall–Kier alpha value is -1.63. The molecule has 1 aliphatic carbocycles. The molecule has 1 N–H and O–H groups in total. The Kier molecular flexibility index (Phi) is 7.10. The number of hydrogen-bond donors (Lipinski definition) is 1. The molecule has 6 nitrogen and oxygen atoms in total. The van der Waals surface area contributed by atoms with Crippen LogP contribution in [0.15, 0.2) is 28.8 Å². The molecule has 2 aromatic rings. The van der Waals surface area contributed by atoms with Crippen LogP contribution in [0.25, 0.3) is 0 Å². The smallest absolute Gasteiger partial charge is 0.227 e. The summed E-state index contributed by atoms with van der Waals surface area (Å²) in [7, 11) is 2.11. The topological polar surface area (TPSA) is 63.4 Å². The Balaban J connectivity index is 0.00000210. The minimum Gasteiger partial charge on any atom is -0.490 e. The van der Waals surface area contributed by atoms with E-state index < -0.39 is 0 Å². The summed E-state index contributed by atoms with van der Waals surface area (Å²) in [6, 6.07) is 8.61. The van der Waals surface area contributed by atoms with E-state index in [-0.39, 0.29) is 18.4 Å². The van der Waals surface area contributed by atoms with Crippen molar-refractivity contribution >= 4 is 12.4 Å². The third-order valence-corrected chi connectivity index (χ3v) is 5.42. The number of hydrogen-bond acceptors (Lipinski definition) is 6. The highest BCUT2D eigenvalue weighted by Gasteiger charge is 2.25. The fourth-order valence-electron chi connectivity index (χ4n) is 3.82. The number of aromatic nitrogens is 2. The Morgan fingerprint density at radius 3 is 2.93 bits per heavy atom. The highest BCUT2D eigenvalue weighted by atomic mass is 35.5. The number of likely N-dealkylation sites (N-methyl/N-ethyl adjacent to an activating group) is 1. The van der Waals surface area contributed by atoms with Gasteiger partial charge in [0.1, 0.15) is 5.75 Å². The lowest BCUT2D eigenvalue weighted by atomic mass is 10.1. The zero-order chi connectivity index (χ0) is 17.8. The van der Waals surface area contributed by atoms with Gasteiger partial charge in [-0.2, -0.15) is 4.98 Å². The van der Waals surface area contributed by atoms with E-state index >= 15 is 0 Å². The van der Waals surface area contributed by atoms with Crippen LogP contribution in [0.4, 0.5) is 0 Å². The molecule has 1 aromatic heterocycles. The first-order chi connectivity index (χ1) is 12.8. The third kappa shape index (κ3) is 5.21. The molecule has 148 valence electrons. The van der Waals surface area contributed by atoms with E-state index in [1.54, 1.807) is 0 Å². The van der Waals surface area contributed by atoms with Crippen LogP contribution < -0.4 is 10.1 Å². The number of benzene rings is 1. The molecule has 0 bridgehead atoms. The molecule has 7 heteroatoms. The summed E-state index contributed by atoms with van der Waals surface area (Å²) >= 11 is 0. The lowest BCUT2D eigenvalue weighted by Gasteiger charge is -2.30. The first kappa shape index (κ1) is 20.1. The average molecular weight is 393 g/mol. The van der Waals surface area contributed by atoms with Crippen LogP contribution >= 0.6 is 12.4 Å². The molecule has 1 atom stereocenters. The van der Waals surface area contributed by atoms with Crippen LogP contribution in [0, 0.1) is 0 Å². The molecule has 2 heterocycles. The highest BCUT2D eigenvalue weighted by Crippen LogP contribution is 2.25. The van der Waals surface area contributed by atoms with E-state index in [0.717, 1.165) is 44.0 Å². The monoisotopic (exact) mass is 392 g/mol. The molecule has 2 fully saturated rings. The van der Waals surface area contributed by atoms with Gasteiger partial charge in [0.25, 0.3) is 0 Å². The maximum absolute atomic E-state index is 6.10. The molecule has 1 saturated carbocycles. The van der Waals surface area contributed by atoms with Crippen molar-refractivity contribution in [3.63, 3.8) is 0 Å². The number of rotatable bonds is 6. The van der Waals surface area contributed by atoms with E-state index in [4.69, 9.17) is 9.26 Å². The molecule has 1 unspecified atom stereocenters. The Morgan fingerprint density at radius 1 is 1.26 bits per heavy atom. The summed E-state index contributed by atoms with van der Waals surface area (Å²) in [6.45, 7) is 2.88. The first-order valence-corrected chi connectivity index (χ1v) is 9.77. The van der Waals surface area contributed by atoms with Crippen molar-refractivity contribution in [2.45, 2.75) is 50.7 Å². The molecular weight excluding hydrogens is 364 g/mol. The Bertz CT molecular complexity index is 718. The number of halogens is 1. The van der Waals surface area contributed by atoms with Gasteiger partial charge >= 0.3 is 0 Å². The van der Waals surface area contributed by atoms with Gasteiger partial charge < -0.3 is 14.6 Å². The van der Waals surface area contributed by atoms with Crippen molar-refractivity contribution in [3.8, 4) is 5.75 Å². The third-order valence-electron chi connectivity index (χ3n) is 5.42. The van der Waals surface area contributed by atoms with Crippen molar-refractivity contribution in [2.75, 3.05) is 26.7 Å². The standard InChI is InChI=1S/C20H28N4O2.ClH/c1-24-12-11-21-14-18(24)20-22-19(26-23-20)10-9-15-5-4-8-17(13-15)25-16-6-2-3-7-16;/h4-5,8,13,16,18,21H,2-3,6-7,9-12,14H2,1H3;1H. The predicted octanol–water partition coefficient (Wildman–Crippen LogP) is 3.17. The van der Waals surface area contributed by atoms with E-state index in [1.165, 1.54) is 31.2 Å². The summed E-state index contributed by atoms with van der Waals surface area (Å²) in [5.41, 5.74) is 1.25. The molecule has 27 heavy (non-hydrogen) atoms. The summed E-state index contributed by atoms with van der Waals surface area (Å²) in [6.07, 6.45) is 6.96. The lowest BCUT2D eigenvalue weighted by Crippen LogP contribution is -2.44. The maximum Gasteiger partial charge on any atom is 0.227 e. The molecule has 1 aromatic carbocycles. The number of ether oxygens (including phenoxy) is 1. The number of aryl methyl sites for hydroxylation is 2. The Labute approximate surface area is 167 Å². The molecule has 1 aliphatic heterocycles. The van der Waals surface area contributed by atoms with E-state index in [0.29, 0.717) is 12.0 Å². The van der Waals surface area contributed by atoms with Crippen LogP contribution in [0.2, 0.25) is 0 Å². The average Bonchev–Trinajstić information content (AvgIpc) is 3.33. The lowest BCUT2D eigenvalue weighted by molar-refractivity contribution is 0.190. The Morgan fingerprint density at radius 2 is 2.11 bits per heavy atom. The second-order valence-electron chi connectivity index (χ2n) is 7.42. The SMILES string of the molecule is CN1CCNCC1c1noc(CCc2cccc(OC3CCCC3)c2)n1.Cl. The van der Waals surface area contributed by atoms with E-state index in [2.05, 4.69) is 51.7 Å². The van der Waals surface area contributed by atoms with Gasteiger partial charge in [0, 0.05) is 26.1 Å². The molecule has 0 spiro atoms. The van der Waals surface area contributed by atoms with E-state index in [9.17, 15) is 0 Å². The largest absolute Gasteiger partial charge is 0.490 e. The maximum atomic E-state index is 6.10. The highest BCUT2D eigenvalue weighted by molar-refractivity contribution is 5.85. The number of nitrogens with one attached hydrogen (secondary N) is 1. The molecule has 2 aliphatic rings. The van der Waals surface area contributed by atoms with Gasteiger partial charge in [0.05, 0.1) is 12.1 Å². The summed E-state index contributed by atoms with van der Waals surface area (Å²) < 4.78 is 11.6. The van der Waals surface area contributed by atoms with Crippen LogP contribution in [0.5, 0.6) is 5.75 Å². The number of piperazine rings is 1. The van der Waals surface area contributed by atoms with E-state index in [1.807, 2.05) is 0 Å². The zero-order valence-corrected chi connectivity index (χ0v) is 16.7. The van der Waals surface area contributed by atoms with Gasteiger partial charge in [-0.3, -0.25) is 4.90 Å². The predicted molar refractivity (Wildman–Crippen MR) is 107 cm³/mol. The van der Waals surface area contributed by atoms with Gasteiger partial charge in [-0.1, -0.05) is 17.3 Å². The zero-order valence-electron chi connectivity index (χ0n) is 15.9. The molecule has 4 rings (SSSR count). The fourth-order valence-corrected chi connectivity index (χ4v) is 3.82. The second kappa shape index (κ2) is 9.53. The summed E-state index contributed by atoms with van der Waals surface area (Å²) in [5.74, 6) is 2.48. The molecule has 0 radical (unpaired) electrons. The minimum atomic E-state index is 0. The van der Waals surface area contributed by atoms with Gasteiger partial charge in [-0.15, -0.1) is 12.4 Å². The minimum absolute atomic E-state index is 0. The molecular formula is C20H29ClN4O2. The summed E-state index contributed by atoms with van der Waals surface area (Å²) in [5, 5.41) is 7.59. The van der Waals surface area contributed by atoms with Crippen molar-refractivity contribution < 1.29 is 9.26 Å². The van der Waals surface area contributed by atoms with Crippen molar-refractivity contribution in [3.05, 3.63) is 41.5 Å². The molecule has 0 amide bonds. The molecule has 1 saturated heterocycles.